The molecule has 1 aliphatic rings. The Labute approximate surface area is 84.3 Å². The topological polar surface area (TPSA) is 30.2 Å². The maximum Gasteiger partial charge on any atom is 0.201 e. The molecule has 0 amide bonds. The van der Waals surface area contributed by atoms with E-state index in [2.05, 4.69) is 0 Å². The molecule has 0 unspecified atom stereocenters. The quantitative estimate of drug-likeness (QED) is 0.672. The van der Waals surface area contributed by atoms with Gasteiger partial charge in [-0.05, 0) is 31.4 Å². The molecule has 1 fully saturated rings. The van der Waals surface area contributed by atoms with E-state index in [4.69, 9.17) is 4.42 Å². The van der Waals surface area contributed by atoms with Gasteiger partial charge in [-0.3, -0.25) is 4.79 Å². The predicted octanol–water partition coefficient (Wildman–Crippen LogP) is 3.35. The molecule has 1 aromatic rings. The Kier molecular flexibility index (Phi) is 2.71. The minimum Gasteiger partial charge on any atom is -0.461 e. The highest BCUT2D eigenvalue weighted by atomic mass is 16.3. The summed E-state index contributed by atoms with van der Waals surface area (Å²) in [5.41, 5.74) is 0.973. The molecule has 76 valence electrons. The standard InChI is InChI=1S/C12H16O2/c1-9-7-8-14-12(9)11(13)10-5-3-2-4-6-10/h7-8,10H,2-6H2,1H3. The molecule has 1 aliphatic carbocycles. The fraction of sp³-hybridized carbons (Fsp3) is 0.583. The minimum atomic E-state index is 0.215. The molecule has 2 rings (SSSR count). The van der Waals surface area contributed by atoms with Gasteiger partial charge in [0.2, 0.25) is 5.78 Å². The summed E-state index contributed by atoms with van der Waals surface area (Å²) in [4.78, 5) is 12.0. The van der Waals surface area contributed by atoms with Crippen molar-refractivity contribution < 1.29 is 9.21 Å². The molecule has 0 aliphatic heterocycles. The number of rotatable bonds is 2. The van der Waals surface area contributed by atoms with Crippen LogP contribution in [0.5, 0.6) is 0 Å². The van der Waals surface area contributed by atoms with E-state index in [1.165, 1.54) is 19.3 Å². The molecular formula is C12H16O2. The monoisotopic (exact) mass is 192 g/mol. The van der Waals surface area contributed by atoms with E-state index in [-0.39, 0.29) is 11.7 Å². The number of carbonyl (C=O) groups excluding carboxylic acids is 1. The van der Waals surface area contributed by atoms with Gasteiger partial charge in [-0.15, -0.1) is 0 Å². The van der Waals surface area contributed by atoms with Gasteiger partial charge in [0.15, 0.2) is 5.76 Å². The summed E-state index contributed by atoms with van der Waals surface area (Å²) in [7, 11) is 0. The van der Waals surface area contributed by atoms with E-state index < -0.39 is 0 Å². The highest BCUT2D eigenvalue weighted by Gasteiger charge is 2.25. The first-order valence-corrected chi connectivity index (χ1v) is 5.37. The molecule has 14 heavy (non-hydrogen) atoms. The fourth-order valence-corrected chi connectivity index (χ4v) is 2.18. The first kappa shape index (κ1) is 9.50. The molecule has 2 nitrogen and oxygen atoms in total. The van der Waals surface area contributed by atoms with Gasteiger partial charge in [-0.2, -0.15) is 0 Å². The van der Waals surface area contributed by atoms with Gasteiger partial charge in [0.1, 0.15) is 0 Å². The second kappa shape index (κ2) is 3.99. The molecule has 0 aromatic carbocycles. The van der Waals surface area contributed by atoms with Crippen LogP contribution >= 0.6 is 0 Å². The molecular weight excluding hydrogens is 176 g/mol. The first-order valence-electron chi connectivity index (χ1n) is 5.37. The lowest BCUT2D eigenvalue weighted by Crippen LogP contribution is -2.17. The van der Waals surface area contributed by atoms with Crippen molar-refractivity contribution >= 4 is 5.78 Å². The molecule has 0 bridgehead atoms. The molecule has 0 saturated heterocycles. The predicted molar refractivity (Wildman–Crippen MR) is 54.4 cm³/mol. The summed E-state index contributed by atoms with van der Waals surface area (Å²) >= 11 is 0. The molecule has 2 heteroatoms. The van der Waals surface area contributed by atoms with E-state index in [1.54, 1.807) is 6.26 Å². The van der Waals surface area contributed by atoms with E-state index in [9.17, 15) is 4.79 Å². The molecule has 1 heterocycles. The number of hydrogen-bond acceptors (Lipinski definition) is 2. The van der Waals surface area contributed by atoms with Gasteiger partial charge >= 0.3 is 0 Å². The lowest BCUT2D eigenvalue weighted by Gasteiger charge is -2.19. The van der Waals surface area contributed by atoms with Crippen molar-refractivity contribution in [3.63, 3.8) is 0 Å². The Bertz CT molecular complexity index is 319. The van der Waals surface area contributed by atoms with Gasteiger partial charge in [0.05, 0.1) is 6.26 Å². The van der Waals surface area contributed by atoms with Gasteiger partial charge in [-0.1, -0.05) is 19.3 Å². The van der Waals surface area contributed by atoms with Gasteiger partial charge < -0.3 is 4.42 Å². The van der Waals surface area contributed by atoms with Crippen LogP contribution in [0.25, 0.3) is 0 Å². The largest absolute Gasteiger partial charge is 0.461 e. The first-order chi connectivity index (χ1) is 6.79. The normalized spacial score (nSPS) is 18.4. The van der Waals surface area contributed by atoms with Crippen molar-refractivity contribution in [1.29, 1.82) is 0 Å². The summed E-state index contributed by atoms with van der Waals surface area (Å²) < 4.78 is 5.23. The Balaban J connectivity index is 2.11. The maximum absolute atomic E-state index is 12.0. The summed E-state index contributed by atoms with van der Waals surface area (Å²) in [5, 5.41) is 0. The Hall–Kier alpha value is -1.05. The number of Topliss-reactive ketones (excluding diaryl/α,β-unsaturated/α-hetero) is 1. The van der Waals surface area contributed by atoms with Crippen molar-refractivity contribution in [2.24, 2.45) is 5.92 Å². The second-order valence-corrected chi connectivity index (χ2v) is 4.13. The van der Waals surface area contributed by atoms with E-state index in [0.717, 1.165) is 18.4 Å². The van der Waals surface area contributed by atoms with Crippen LogP contribution < -0.4 is 0 Å². The van der Waals surface area contributed by atoms with Crippen LogP contribution in [0.4, 0.5) is 0 Å². The Morgan fingerprint density at radius 3 is 2.64 bits per heavy atom. The van der Waals surface area contributed by atoms with E-state index >= 15 is 0 Å². The van der Waals surface area contributed by atoms with Crippen molar-refractivity contribution in [3.05, 3.63) is 23.7 Å². The summed E-state index contributed by atoms with van der Waals surface area (Å²) in [6.45, 7) is 1.93. The van der Waals surface area contributed by atoms with Crippen molar-refractivity contribution in [2.45, 2.75) is 39.0 Å². The number of carbonyl (C=O) groups is 1. The fourth-order valence-electron chi connectivity index (χ4n) is 2.18. The summed E-state index contributed by atoms with van der Waals surface area (Å²) in [5.74, 6) is 1.01. The van der Waals surface area contributed by atoms with Gasteiger partial charge in [0.25, 0.3) is 0 Å². The third kappa shape index (κ3) is 1.74. The van der Waals surface area contributed by atoms with E-state index in [0.29, 0.717) is 5.76 Å². The number of hydrogen-bond donors (Lipinski definition) is 0. The number of ketones is 1. The third-order valence-electron chi connectivity index (χ3n) is 3.06. The van der Waals surface area contributed by atoms with Crippen molar-refractivity contribution in [1.82, 2.24) is 0 Å². The van der Waals surface area contributed by atoms with Crippen LogP contribution in [0, 0.1) is 12.8 Å². The van der Waals surface area contributed by atoms with Crippen molar-refractivity contribution in [2.75, 3.05) is 0 Å². The third-order valence-corrected chi connectivity index (χ3v) is 3.06. The zero-order valence-corrected chi connectivity index (χ0v) is 8.58. The van der Waals surface area contributed by atoms with Gasteiger partial charge in [0, 0.05) is 5.92 Å². The minimum absolute atomic E-state index is 0.215. The molecule has 0 N–H and O–H groups in total. The molecule has 1 aromatic heterocycles. The average molecular weight is 192 g/mol. The SMILES string of the molecule is Cc1ccoc1C(=O)C1CCCCC1. The maximum atomic E-state index is 12.0. The smallest absolute Gasteiger partial charge is 0.201 e. The molecule has 0 atom stereocenters. The lowest BCUT2D eigenvalue weighted by atomic mass is 9.85. The van der Waals surface area contributed by atoms with Crippen LogP contribution in [0.2, 0.25) is 0 Å². The van der Waals surface area contributed by atoms with E-state index in [1.807, 2.05) is 13.0 Å². The zero-order chi connectivity index (χ0) is 9.97. The van der Waals surface area contributed by atoms with Crippen LogP contribution in [-0.4, -0.2) is 5.78 Å². The van der Waals surface area contributed by atoms with Crippen LogP contribution in [-0.2, 0) is 0 Å². The van der Waals surface area contributed by atoms with Crippen molar-refractivity contribution in [3.8, 4) is 0 Å². The number of aryl methyl sites for hydroxylation is 1. The number of furan rings is 1. The van der Waals surface area contributed by atoms with Crippen LogP contribution in [0.15, 0.2) is 16.7 Å². The second-order valence-electron chi connectivity index (χ2n) is 4.13. The molecule has 0 radical (unpaired) electrons. The van der Waals surface area contributed by atoms with Crippen LogP contribution in [0.1, 0.15) is 48.2 Å². The Morgan fingerprint density at radius 1 is 1.36 bits per heavy atom. The average Bonchev–Trinajstić information content (AvgIpc) is 2.65. The van der Waals surface area contributed by atoms with Gasteiger partial charge in [-0.25, -0.2) is 0 Å². The lowest BCUT2D eigenvalue weighted by molar-refractivity contribution is 0.0859. The molecule has 1 saturated carbocycles. The Morgan fingerprint density at radius 2 is 2.07 bits per heavy atom. The summed E-state index contributed by atoms with van der Waals surface area (Å²) in [6, 6.07) is 1.86. The molecule has 0 spiro atoms. The summed E-state index contributed by atoms with van der Waals surface area (Å²) in [6.07, 6.45) is 7.34. The highest BCUT2D eigenvalue weighted by molar-refractivity contribution is 5.96. The zero-order valence-electron chi connectivity index (χ0n) is 8.58. The highest BCUT2D eigenvalue weighted by Crippen LogP contribution is 2.27. The van der Waals surface area contributed by atoms with Crippen LogP contribution in [0.3, 0.4) is 0 Å².